The van der Waals surface area contributed by atoms with E-state index in [1.54, 1.807) is 0 Å². The van der Waals surface area contributed by atoms with Gasteiger partial charge in [0.1, 0.15) is 18.3 Å². The maximum absolute atomic E-state index is 10.3. The molecule has 1 fully saturated rings. The molecule has 1 rings (SSSR count). The van der Waals surface area contributed by atoms with Crippen LogP contribution in [-0.2, 0) is 9.53 Å². The highest BCUT2D eigenvalue weighted by Gasteiger charge is 2.47. The Kier molecular flexibility index (Phi) is 5.45. The van der Waals surface area contributed by atoms with Gasteiger partial charge in [-0.05, 0) is 13.0 Å². The third-order valence-electron chi connectivity index (χ3n) is 2.81. The van der Waals surface area contributed by atoms with Crippen molar-refractivity contribution in [2.45, 2.75) is 36.9 Å². The molecular formula is C10H19NO7. The molecule has 0 saturated carbocycles. The lowest BCUT2D eigenvalue weighted by molar-refractivity contribution is -0.317. The number of hydrogen-bond acceptors (Lipinski definition) is 7. The molecule has 1 saturated heterocycles. The van der Waals surface area contributed by atoms with Gasteiger partial charge in [-0.2, -0.15) is 0 Å². The van der Waals surface area contributed by atoms with E-state index in [1.807, 2.05) is 0 Å². The molecule has 4 atom stereocenters. The van der Waals surface area contributed by atoms with Crippen molar-refractivity contribution in [1.82, 2.24) is 5.32 Å². The average Bonchev–Trinajstić information content (AvgIpc) is 2.31. The standard InChI is InChI=1S/C10H19NO7/c12-6-4-18-10(17,9(16)8(6)15)5-11-3-1-2-7(13)14/h6,8-9,11-12,15-17H,1-5H2,(H,13,14). The van der Waals surface area contributed by atoms with Crippen molar-refractivity contribution in [3.8, 4) is 0 Å². The van der Waals surface area contributed by atoms with Crippen molar-refractivity contribution >= 4 is 5.97 Å². The molecule has 8 heteroatoms. The van der Waals surface area contributed by atoms with E-state index in [0.717, 1.165) is 0 Å². The van der Waals surface area contributed by atoms with Gasteiger partial charge < -0.3 is 35.6 Å². The predicted molar refractivity (Wildman–Crippen MR) is 58.7 cm³/mol. The molecule has 0 bridgehead atoms. The summed E-state index contributed by atoms with van der Waals surface area (Å²) in [5.41, 5.74) is 0. The van der Waals surface area contributed by atoms with E-state index >= 15 is 0 Å². The third kappa shape index (κ3) is 3.87. The normalized spacial score (nSPS) is 36.6. The Morgan fingerprint density at radius 1 is 1.39 bits per heavy atom. The molecular weight excluding hydrogens is 246 g/mol. The molecule has 8 nitrogen and oxygen atoms in total. The van der Waals surface area contributed by atoms with E-state index in [1.165, 1.54) is 0 Å². The zero-order chi connectivity index (χ0) is 13.8. The summed E-state index contributed by atoms with van der Waals surface area (Å²) in [6.07, 6.45) is -3.99. The molecule has 18 heavy (non-hydrogen) atoms. The van der Waals surface area contributed by atoms with Gasteiger partial charge in [0.15, 0.2) is 0 Å². The Morgan fingerprint density at radius 2 is 2.06 bits per heavy atom. The van der Waals surface area contributed by atoms with Crippen molar-refractivity contribution in [3.05, 3.63) is 0 Å². The van der Waals surface area contributed by atoms with Gasteiger partial charge >= 0.3 is 5.97 Å². The predicted octanol–water partition coefficient (Wildman–Crippen LogP) is -2.76. The number of aliphatic hydroxyl groups is 4. The van der Waals surface area contributed by atoms with Crippen LogP contribution in [0.3, 0.4) is 0 Å². The second-order valence-electron chi connectivity index (χ2n) is 4.33. The number of carboxylic acid groups (broad SMARTS) is 1. The lowest BCUT2D eigenvalue weighted by atomic mass is 9.97. The van der Waals surface area contributed by atoms with Gasteiger partial charge in [0.2, 0.25) is 5.79 Å². The zero-order valence-electron chi connectivity index (χ0n) is 9.82. The molecule has 1 aliphatic heterocycles. The van der Waals surface area contributed by atoms with E-state index in [2.05, 4.69) is 5.32 Å². The fourth-order valence-corrected chi connectivity index (χ4v) is 1.68. The summed E-state index contributed by atoms with van der Waals surface area (Å²) in [5.74, 6) is -2.90. The first-order valence-corrected chi connectivity index (χ1v) is 5.70. The van der Waals surface area contributed by atoms with Gasteiger partial charge in [-0.15, -0.1) is 0 Å². The van der Waals surface area contributed by atoms with Gasteiger partial charge in [-0.25, -0.2) is 0 Å². The van der Waals surface area contributed by atoms with Crippen LogP contribution in [0.15, 0.2) is 0 Å². The average molecular weight is 265 g/mol. The number of carbonyl (C=O) groups is 1. The topological polar surface area (TPSA) is 139 Å². The van der Waals surface area contributed by atoms with Crippen molar-refractivity contribution in [2.75, 3.05) is 19.7 Å². The zero-order valence-corrected chi connectivity index (χ0v) is 9.82. The fourth-order valence-electron chi connectivity index (χ4n) is 1.68. The Labute approximate surface area is 104 Å². The molecule has 0 aromatic carbocycles. The first-order valence-electron chi connectivity index (χ1n) is 5.70. The van der Waals surface area contributed by atoms with Crippen molar-refractivity contribution in [3.63, 3.8) is 0 Å². The van der Waals surface area contributed by atoms with Crippen LogP contribution in [0.1, 0.15) is 12.8 Å². The number of aliphatic carboxylic acids is 1. The van der Waals surface area contributed by atoms with Gasteiger partial charge in [-0.1, -0.05) is 0 Å². The van der Waals surface area contributed by atoms with Crippen LogP contribution in [-0.4, -0.2) is 75.3 Å². The second kappa shape index (κ2) is 6.41. The summed E-state index contributed by atoms with van der Waals surface area (Å²) in [5, 5.41) is 49.3. The first kappa shape index (κ1) is 15.3. The molecule has 106 valence electrons. The molecule has 4 unspecified atom stereocenters. The smallest absolute Gasteiger partial charge is 0.303 e. The van der Waals surface area contributed by atoms with Gasteiger partial charge in [0.25, 0.3) is 0 Å². The Balaban J connectivity index is 2.33. The number of hydrogen-bond donors (Lipinski definition) is 6. The summed E-state index contributed by atoms with van der Waals surface area (Å²) in [6, 6.07) is 0. The summed E-state index contributed by atoms with van der Waals surface area (Å²) in [7, 11) is 0. The maximum atomic E-state index is 10.3. The Hall–Kier alpha value is -0.770. The van der Waals surface area contributed by atoms with Crippen LogP contribution in [0, 0.1) is 0 Å². The molecule has 0 radical (unpaired) electrons. The maximum Gasteiger partial charge on any atom is 0.303 e. The minimum atomic E-state index is -1.98. The van der Waals surface area contributed by atoms with Gasteiger partial charge in [0.05, 0.1) is 13.2 Å². The summed E-state index contributed by atoms with van der Waals surface area (Å²) in [4.78, 5) is 10.3. The van der Waals surface area contributed by atoms with Crippen LogP contribution in [0.4, 0.5) is 0 Å². The number of rotatable bonds is 6. The summed E-state index contributed by atoms with van der Waals surface area (Å²) >= 11 is 0. The summed E-state index contributed by atoms with van der Waals surface area (Å²) < 4.78 is 4.90. The minimum absolute atomic E-state index is 0.00379. The highest BCUT2D eigenvalue weighted by atomic mass is 16.6. The van der Waals surface area contributed by atoms with E-state index in [-0.39, 0.29) is 19.6 Å². The molecule has 0 aromatic rings. The van der Waals surface area contributed by atoms with E-state index in [4.69, 9.17) is 9.84 Å². The molecule has 6 N–H and O–H groups in total. The Bertz CT molecular complexity index is 287. The molecule has 0 aliphatic carbocycles. The fraction of sp³-hybridized carbons (Fsp3) is 0.900. The van der Waals surface area contributed by atoms with Crippen LogP contribution in [0.2, 0.25) is 0 Å². The molecule has 1 heterocycles. The van der Waals surface area contributed by atoms with Crippen molar-refractivity contribution in [2.24, 2.45) is 0 Å². The highest BCUT2D eigenvalue weighted by molar-refractivity contribution is 5.66. The lowest BCUT2D eigenvalue weighted by Gasteiger charge is -2.41. The number of carboxylic acids is 1. The number of aliphatic hydroxyl groups excluding tert-OH is 3. The van der Waals surface area contributed by atoms with Crippen LogP contribution in [0.5, 0.6) is 0 Å². The quantitative estimate of drug-likeness (QED) is 0.284. The molecule has 0 amide bonds. The Morgan fingerprint density at radius 3 is 2.67 bits per heavy atom. The van der Waals surface area contributed by atoms with Gasteiger partial charge in [0, 0.05) is 6.42 Å². The van der Waals surface area contributed by atoms with Gasteiger partial charge in [-0.3, -0.25) is 4.79 Å². The molecule has 0 aromatic heterocycles. The van der Waals surface area contributed by atoms with E-state index in [0.29, 0.717) is 13.0 Å². The lowest BCUT2D eigenvalue weighted by Crippen LogP contribution is -2.64. The third-order valence-corrected chi connectivity index (χ3v) is 2.81. The van der Waals surface area contributed by atoms with Crippen LogP contribution < -0.4 is 5.32 Å². The highest BCUT2D eigenvalue weighted by Crippen LogP contribution is 2.23. The van der Waals surface area contributed by atoms with Crippen molar-refractivity contribution in [1.29, 1.82) is 0 Å². The molecule has 1 aliphatic rings. The van der Waals surface area contributed by atoms with Crippen LogP contribution >= 0.6 is 0 Å². The second-order valence-corrected chi connectivity index (χ2v) is 4.33. The first-order chi connectivity index (χ1) is 8.37. The number of ether oxygens (including phenoxy) is 1. The monoisotopic (exact) mass is 265 g/mol. The van der Waals surface area contributed by atoms with Crippen molar-refractivity contribution < 1.29 is 35.1 Å². The SMILES string of the molecule is O=C(O)CCCNCC1(O)OCC(O)C(O)C1O. The van der Waals surface area contributed by atoms with E-state index in [9.17, 15) is 25.2 Å². The van der Waals surface area contributed by atoms with E-state index < -0.39 is 30.1 Å². The number of nitrogens with one attached hydrogen (secondary N) is 1. The largest absolute Gasteiger partial charge is 0.481 e. The van der Waals surface area contributed by atoms with Crippen LogP contribution in [0.25, 0.3) is 0 Å². The minimum Gasteiger partial charge on any atom is -0.481 e. The summed E-state index contributed by atoms with van der Waals surface area (Å²) in [6.45, 7) is -0.133. The molecule has 0 spiro atoms.